The number of imidazole rings is 1. The van der Waals surface area contributed by atoms with Crippen molar-refractivity contribution in [1.82, 2.24) is 19.1 Å². The SMILES string of the molecule is CN(C)c1nc2c(ncn2[C@H]2C[C@H](O)[C@@H](COP(=O)(O)O)O2)c(=O)n1C. The Bertz CT molecular complexity index is 919. The molecular formula is C13H20N5O7P. The van der Waals surface area contributed by atoms with Crippen LogP contribution in [0, 0.1) is 0 Å². The first-order valence-electron chi connectivity index (χ1n) is 7.73. The molecule has 0 saturated carbocycles. The fourth-order valence-corrected chi connectivity index (χ4v) is 3.19. The molecule has 3 N–H and O–H groups in total. The lowest BCUT2D eigenvalue weighted by Crippen LogP contribution is -2.27. The molecular weight excluding hydrogens is 369 g/mol. The first kappa shape index (κ1) is 19.0. The summed E-state index contributed by atoms with van der Waals surface area (Å²) in [5.74, 6) is 0.421. The average molecular weight is 389 g/mol. The lowest BCUT2D eigenvalue weighted by molar-refractivity contribution is -0.0424. The molecule has 2 aromatic rings. The van der Waals surface area contributed by atoms with Crippen LogP contribution in [0.15, 0.2) is 11.1 Å². The number of nitrogens with zero attached hydrogens (tertiary/aromatic N) is 5. The van der Waals surface area contributed by atoms with E-state index in [0.29, 0.717) is 11.6 Å². The summed E-state index contributed by atoms with van der Waals surface area (Å²) in [5, 5.41) is 10.1. The van der Waals surface area contributed by atoms with Crippen molar-refractivity contribution in [3.05, 3.63) is 16.7 Å². The molecule has 1 saturated heterocycles. The molecule has 0 unspecified atom stereocenters. The van der Waals surface area contributed by atoms with Crippen molar-refractivity contribution < 1.29 is 28.7 Å². The molecule has 0 spiro atoms. The van der Waals surface area contributed by atoms with Gasteiger partial charge >= 0.3 is 7.82 Å². The maximum atomic E-state index is 12.4. The van der Waals surface area contributed by atoms with E-state index in [1.807, 2.05) is 0 Å². The molecule has 144 valence electrons. The Morgan fingerprint density at radius 1 is 1.46 bits per heavy atom. The number of aromatic nitrogens is 4. The lowest BCUT2D eigenvalue weighted by Gasteiger charge is -2.17. The van der Waals surface area contributed by atoms with Crippen LogP contribution in [0.2, 0.25) is 0 Å². The number of phosphoric ester groups is 1. The second kappa shape index (κ2) is 6.72. The number of rotatable bonds is 5. The molecule has 26 heavy (non-hydrogen) atoms. The Balaban J connectivity index is 1.92. The largest absolute Gasteiger partial charge is 0.469 e. The van der Waals surface area contributed by atoms with Crippen LogP contribution in [0.1, 0.15) is 12.6 Å². The molecule has 1 fully saturated rings. The minimum absolute atomic E-state index is 0.134. The van der Waals surface area contributed by atoms with Crippen LogP contribution in [0.25, 0.3) is 11.2 Å². The Hall–Kier alpha value is -1.82. The van der Waals surface area contributed by atoms with Gasteiger partial charge in [-0.05, 0) is 0 Å². The molecule has 13 heteroatoms. The molecule has 2 aromatic heterocycles. The zero-order chi connectivity index (χ0) is 19.2. The highest BCUT2D eigenvalue weighted by atomic mass is 31.2. The van der Waals surface area contributed by atoms with E-state index in [1.54, 1.807) is 26.0 Å². The Labute approximate surface area is 147 Å². The van der Waals surface area contributed by atoms with E-state index in [1.165, 1.54) is 15.5 Å². The van der Waals surface area contributed by atoms with Crippen molar-refractivity contribution in [2.75, 3.05) is 25.6 Å². The van der Waals surface area contributed by atoms with Gasteiger partial charge in [0.1, 0.15) is 12.3 Å². The summed E-state index contributed by atoms with van der Waals surface area (Å²) in [4.78, 5) is 40.2. The maximum absolute atomic E-state index is 12.4. The van der Waals surface area contributed by atoms with Crippen molar-refractivity contribution >= 4 is 24.9 Å². The van der Waals surface area contributed by atoms with Gasteiger partial charge < -0.3 is 24.5 Å². The van der Waals surface area contributed by atoms with Crippen LogP contribution in [0.5, 0.6) is 0 Å². The van der Waals surface area contributed by atoms with Gasteiger partial charge in [-0.2, -0.15) is 4.98 Å². The quantitative estimate of drug-likeness (QED) is 0.540. The number of ether oxygens (including phenoxy) is 1. The smallest absolute Gasteiger partial charge is 0.390 e. The summed E-state index contributed by atoms with van der Waals surface area (Å²) in [6.07, 6.45) is -1.10. The summed E-state index contributed by atoms with van der Waals surface area (Å²) in [6.45, 7) is -0.466. The van der Waals surface area contributed by atoms with Crippen LogP contribution < -0.4 is 10.5 Å². The van der Waals surface area contributed by atoms with E-state index < -0.39 is 32.9 Å². The van der Waals surface area contributed by atoms with E-state index >= 15 is 0 Å². The van der Waals surface area contributed by atoms with Gasteiger partial charge in [-0.3, -0.25) is 18.5 Å². The Morgan fingerprint density at radius 2 is 2.15 bits per heavy atom. The molecule has 3 atom stereocenters. The summed E-state index contributed by atoms with van der Waals surface area (Å²) in [5.41, 5.74) is 0.133. The van der Waals surface area contributed by atoms with Crippen LogP contribution in [0.4, 0.5) is 5.95 Å². The molecule has 3 heterocycles. The number of phosphoric acid groups is 1. The molecule has 3 rings (SSSR count). The van der Waals surface area contributed by atoms with Crippen molar-refractivity contribution in [2.45, 2.75) is 24.9 Å². The van der Waals surface area contributed by atoms with Crippen LogP contribution in [0.3, 0.4) is 0 Å². The van der Waals surface area contributed by atoms with Gasteiger partial charge in [0, 0.05) is 27.6 Å². The van der Waals surface area contributed by atoms with Gasteiger partial charge in [-0.25, -0.2) is 9.55 Å². The predicted molar refractivity (Wildman–Crippen MR) is 89.6 cm³/mol. The lowest BCUT2D eigenvalue weighted by atomic mass is 10.2. The Kier molecular flexibility index (Phi) is 4.90. The monoisotopic (exact) mass is 389 g/mol. The van der Waals surface area contributed by atoms with Gasteiger partial charge in [-0.15, -0.1) is 0 Å². The third-order valence-corrected chi connectivity index (χ3v) is 4.59. The molecule has 0 bridgehead atoms. The van der Waals surface area contributed by atoms with E-state index in [-0.39, 0.29) is 17.5 Å². The Morgan fingerprint density at radius 3 is 2.77 bits per heavy atom. The highest BCUT2D eigenvalue weighted by Gasteiger charge is 2.37. The van der Waals surface area contributed by atoms with Gasteiger partial charge in [0.05, 0.1) is 19.0 Å². The minimum Gasteiger partial charge on any atom is -0.390 e. The number of aliphatic hydroxyl groups is 1. The number of hydrogen-bond acceptors (Lipinski definition) is 8. The number of anilines is 1. The molecule has 0 amide bonds. The van der Waals surface area contributed by atoms with Crippen molar-refractivity contribution in [2.24, 2.45) is 7.05 Å². The fourth-order valence-electron chi connectivity index (χ4n) is 2.85. The van der Waals surface area contributed by atoms with Crippen molar-refractivity contribution in [3.8, 4) is 0 Å². The van der Waals surface area contributed by atoms with Gasteiger partial charge in [0.15, 0.2) is 11.2 Å². The van der Waals surface area contributed by atoms with E-state index in [9.17, 15) is 14.5 Å². The van der Waals surface area contributed by atoms with E-state index in [4.69, 9.17) is 14.5 Å². The highest BCUT2D eigenvalue weighted by Crippen LogP contribution is 2.38. The van der Waals surface area contributed by atoms with Gasteiger partial charge in [-0.1, -0.05) is 0 Å². The summed E-state index contributed by atoms with van der Waals surface area (Å²) in [7, 11) is 0.425. The summed E-state index contributed by atoms with van der Waals surface area (Å²) >= 11 is 0. The third kappa shape index (κ3) is 3.52. The summed E-state index contributed by atoms with van der Waals surface area (Å²) in [6, 6.07) is 0. The van der Waals surface area contributed by atoms with Crippen molar-refractivity contribution in [1.29, 1.82) is 0 Å². The zero-order valence-electron chi connectivity index (χ0n) is 14.4. The molecule has 0 aliphatic carbocycles. The van der Waals surface area contributed by atoms with Crippen LogP contribution >= 0.6 is 7.82 Å². The van der Waals surface area contributed by atoms with Gasteiger partial charge in [0.2, 0.25) is 5.95 Å². The molecule has 12 nitrogen and oxygen atoms in total. The fraction of sp³-hybridized carbons (Fsp3) is 0.615. The van der Waals surface area contributed by atoms with Gasteiger partial charge in [0.25, 0.3) is 5.56 Å². The molecule has 0 aromatic carbocycles. The zero-order valence-corrected chi connectivity index (χ0v) is 15.3. The normalized spacial score (nSPS) is 23.7. The average Bonchev–Trinajstić information content (AvgIpc) is 3.11. The number of fused-ring (bicyclic) bond motifs is 1. The highest BCUT2D eigenvalue weighted by molar-refractivity contribution is 7.46. The predicted octanol–water partition coefficient (Wildman–Crippen LogP) is -1.05. The number of aliphatic hydroxyl groups excluding tert-OH is 1. The second-order valence-corrected chi connectivity index (χ2v) is 7.45. The second-order valence-electron chi connectivity index (χ2n) is 6.21. The van der Waals surface area contributed by atoms with Crippen LogP contribution in [-0.2, 0) is 20.9 Å². The van der Waals surface area contributed by atoms with E-state index in [0.717, 1.165) is 0 Å². The standard InChI is InChI=1S/C13H20N5O7P/c1-16(2)13-15-11-10(12(20)17(13)3)14-6-18(11)9-4-7(19)8(25-9)5-24-26(21,22)23/h6-9,19H,4-5H2,1-3H3,(H2,21,22,23)/t7-,8+,9+/m0/s1. The first-order valence-corrected chi connectivity index (χ1v) is 9.26. The summed E-state index contributed by atoms with van der Waals surface area (Å²) < 4.78 is 23.8. The number of hydrogen-bond donors (Lipinski definition) is 3. The van der Waals surface area contributed by atoms with E-state index in [2.05, 4.69) is 14.5 Å². The molecule has 1 aliphatic heterocycles. The molecule has 1 aliphatic rings. The topological polar surface area (TPSA) is 152 Å². The van der Waals surface area contributed by atoms with Crippen molar-refractivity contribution in [3.63, 3.8) is 0 Å². The third-order valence-electron chi connectivity index (χ3n) is 4.10. The van der Waals surface area contributed by atoms with Crippen LogP contribution in [-0.4, -0.2) is 66.9 Å². The maximum Gasteiger partial charge on any atom is 0.469 e. The minimum atomic E-state index is -4.67. The first-order chi connectivity index (χ1) is 12.1. The molecule has 0 radical (unpaired) electrons.